The average Bonchev–Trinajstić information content (AvgIpc) is 2.77. The van der Waals surface area contributed by atoms with Crippen molar-refractivity contribution in [2.24, 2.45) is 0 Å². The standard InChI is InChI=1S/C15H20ClN3/c1-4-7-19(3)10-12-9-17-18-15(12)13-6-5-11(2)8-14(13)16/h5-6,8-9H,4,7,10H2,1-3H3,(H,17,18). The fraction of sp³-hybridized carbons (Fsp3) is 0.400. The predicted octanol–water partition coefficient (Wildman–Crippen LogP) is 3.88. The maximum atomic E-state index is 6.32. The molecule has 0 saturated carbocycles. The molecule has 0 aliphatic carbocycles. The second-order valence-electron chi connectivity index (χ2n) is 4.98. The van der Waals surface area contributed by atoms with Crippen LogP contribution in [0.5, 0.6) is 0 Å². The van der Waals surface area contributed by atoms with Gasteiger partial charge in [0, 0.05) is 23.9 Å². The molecule has 1 aromatic heterocycles. The molecule has 0 aliphatic heterocycles. The predicted molar refractivity (Wildman–Crippen MR) is 80.4 cm³/mol. The molecular weight excluding hydrogens is 258 g/mol. The highest BCUT2D eigenvalue weighted by Crippen LogP contribution is 2.30. The van der Waals surface area contributed by atoms with Crippen LogP contribution in [0.15, 0.2) is 24.4 Å². The van der Waals surface area contributed by atoms with E-state index >= 15 is 0 Å². The van der Waals surface area contributed by atoms with Crippen LogP contribution in [0.3, 0.4) is 0 Å². The van der Waals surface area contributed by atoms with Crippen molar-refractivity contribution in [3.63, 3.8) is 0 Å². The fourth-order valence-electron chi connectivity index (χ4n) is 2.23. The summed E-state index contributed by atoms with van der Waals surface area (Å²) >= 11 is 6.32. The van der Waals surface area contributed by atoms with Crippen molar-refractivity contribution >= 4 is 11.6 Å². The van der Waals surface area contributed by atoms with Gasteiger partial charge in [0.25, 0.3) is 0 Å². The SMILES string of the molecule is CCCN(C)Cc1c[nH]nc1-c1ccc(C)cc1Cl. The van der Waals surface area contributed by atoms with Gasteiger partial charge in [-0.05, 0) is 38.6 Å². The minimum absolute atomic E-state index is 0.756. The number of nitrogens with zero attached hydrogens (tertiary/aromatic N) is 2. The Bertz CT molecular complexity index is 548. The molecule has 4 heteroatoms. The molecule has 0 saturated heterocycles. The molecule has 102 valence electrons. The average molecular weight is 278 g/mol. The van der Waals surface area contributed by atoms with Gasteiger partial charge in [-0.3, -0.25) is 5.10 Å². The zero-order valence-electron chi connectivity index (χ0n) is 11.7. The van der Waals surface area contributed by atoms with Crippen LogP contribution < -0.4 is 0 Å². The second-order valence-corrected chi connectivity index (χ2v) is 5.39. The number of benzene rings is 1. The highest BCUT2D eigenvalue weighted by atomic mass is 35.5. The van der Waals surface area contributed by atoms with Gasteiger partial charge in [0.05, 0.1) is 10.7 Å². The largest absolute Gasteiger partial charge is 0.302 e. The van der Waals surface area contributed by atoms with Crippen molar-refractivity contribution in [2.75, 3.05) is 13.6 Å². The van der Waals surface area contributed by atoms with Gasteiger partial charge in [0.15, 0.2) is 0 Å². The topological polar surface area (TPSA) is 31.9 Å². The summed E-state index contributed by atoms with van der Waals surface area (Å²) in [5, 5.41) is 8.06. The summed E-state index contributed by atoms with van der Waals surface area (Å²) in [5.41, 5.74) is 4.29. The van der Waals surface area contributed by atoms with Crippen LogP contribution in [0, 0.1) is 6.92 Å². The summed E-state index contributed by atoms with van der Waals surface area (Å²) in [4.78, 5) is 2.29. The number of aromatic amines is 1. The van der Waals surface area contributed by atoms with E-state index in [-0.39, 0.29) is 0 Å². The van der Waals surface area contributed by atoms with Gasteiger partial charge in [-0.25, -0.2) is 0 Å². The van der Waals surface area contributed by atoms with E-state index in [1.54, 1.807) is 0 Å². The van der Waals surface area contributed by atoms with Crippen LogP contribution in [0.1, 0.15) is 24.5 Å². The molecule has 1 aromatic carbocycles. The lowest BCUT2D eigenvalue weighted by molar-refractivity contribution is 0.328. The summed E-state index contributed by atoms with van der Waals surface area (Å²) < 4.78 is 0. The molecule has 1 heterocycles. The number of nitrogens with one attached hydrogen (secondary N) is 1. The lowest BCUT2D eigenvalue weighted by Crippen LogP contribution is -2.18. The van der Waals surface area contributed by atoms with Gasteiger partial charge in [-0.2, -0.15) is 5.10 Å². The zero-order chi connectivity index (χ0) is 13.8. The lowest BCUT2D eigenvalue weighted by atomic mass is 10.1. The number of aromatic nitrogens is 2. The lowest BCUT2D eigenvalue weighted by Gasteiger charge is -2.15. The molecule has 0 fully saturated rings. The third kappa shape index (κ3) is 3.37. The van der Waals surface area contributed by atoms with Gasteiger partial charge in [-0.1, -0.05) is 30.7 Å². The molecule has 0 spiro atoms. The smallest absolute Gasteiger partial charge is 0.0980 e. The van der Waals surface area contributed by atoms with Crippen molar-refractivity contribution in [1.82, 2.24) is 15.1 Å². The highest BCUT2D eigenvalue weighted by Gasteiger charge is 2.13. The quantitative estimate of drug-likeness (QED) is 0.899. The van der Waals surface area contributed by atoms with E-state index < -0.39 is 0 Å². The van der Waals surface area contributed by atoms with Crippen LogP contribution >= 0.6 is 11.6 Å². The number of halogens is 1. The first-order valence-electron chi connectivity index (χ1n) is 6.59. The molecule has 0 bridgehead atoms. The van der Waals surface area contributed by atoms with E-state index in [1.807, 2.05) is 25.3 Å². The minimum Gasteiger partial charge on any atom is -0.302 e. The summed E-state index contributed by atoms with van der Waals surface area (Å²) in [5.74, 6) is 0. The van der Waals surface area contributed by atoms with E-state index in [1.165, 1.54) is 5.56 Å². The van der Waals surface area contributed by atoms with Crippen molar-refractivity contribution in [2.45, 2.75) is 26.8 Å². The molecule has 2 rings (SSSR count). The van der Waals surface area contributed by atoms with E-state index in [0.29, 0.717) is 0 Å². The van der Waals surface area contributed by atoms with Gasteiger partial charge >= 0.3 is 0 Å². The number of aryl methyl sites for hydroxylation is 1. The molecular formula is C15H20ClN3. The number of hydrogen-bond donors (Lipinski definition) is 1. The summed E-state index contributed by atoms with van der Waals surface area (Å²) in [6.45, 7) is 6.18. The third-order valence-corrected chi connectivity index (χ3v) is 3.46. The Morgan fingerprint density at radius 2 is 2.16 bits per heavy atom. The normalized spacial score (nSPS) is 11.2. The van der Waals surface area contributed by atoms with E-state index in [9.17, 15) is 0 Å². The molecule has 2 aromatic rings. The Morgan fingerprint density at radius 3 is 2.84 bits per heavy atom. The van der Waals surface area contributed by atoms with Gasteiger partial charge in [0.1, 0.15) is 0 Å². The molecule has 0 aliphatic rings. The maximum absolute atomic E-state index is 6.32. The van der Waals surface area contributed by atoms with E-state index in [2.05, 4.69) is 35.1 Å². The molecule has 0 amide bonds. The molecule has 19 heavy (non-hydrogen) atoms. The molecule has 0 radical (unpaired) electrons. The first kappa shape index (κ1) is 14.1. The molecule has 1 N–H and O–H groups in total. The summed E-state index contributed by atoms with van der Waals surface area (Å²) in [7, 11) is 2.12. The minimum atomic E-state index is 0.756. The fourth-order valence-corrected chi connectivity index (χ4v) is 2.56. The number of H-pyrrole nitrogens is 1. The first-order valence-corrected chi connectivity index (χ1v) is 6.97. The van der Waals surface area contributed by atoms with Crippen molar-refractivity contribution < 1.29 is 0 Å². The van der Waals surface area contributed by atoms with Gasteiger partial charge in [0.2, 0.25) is 0 Å². The van der Waals surface area contributed by atoms with E-state index in [4.69, 9.17) is 11.6 Å². The maximum Gasteiger partial charge on any atom is 0.0980 e. The summed E-state index contributed by atoms with van der Waals surface area (Å²) in [6.07, 6.45) is 3.10. The van der Waals surface area contributed by atoms with Crippen LogP contribution in [0.4, 0.5) is 0 Å². The Labute approximate surface area is 119 Å². The monoisotopic (exact) mass is 277 g/mol. The van der Waals surface area contributed by atoms with E-state index in [0.717, 1.165) is 41.4 Å². The Morgan fingerprint density at radius 1 is 1.37 bits per heavy atom. The third-order valence-electron chi connectivity index (χ3n) is 3.14. The summed E-state index contributed by atoms with van der Waals surface area (Å²) in [6, 6.07) is 6.08. The van der Waals surface area contributed by atoms with Crippen LogP contribution in [-0.4, -0.2) is 28.7 Å². The molecule has 3 nitrogen and oxygen atoms in total. The molecule has 0 atom stereocenters. The number of hydrogen-bond acceptors (Lipinski definition) is 2. The first-order chi connectivity index (χ1) is 9.11. The number of rotatable bonds is 5. The zero-order valence-corrected chi connectivity index (χ0v) is 12.5. The Kier molecular flexibility index (Phi) is 4.61. The molecule has 0 unspecified atom stereocenters. The Hall–Kier alpha value is -1.32. The van der Waals surface area contributed by atoms with Crippen LogP contribution in [0.25, 0.3) is 11.3 Å². The van der Waals surface area contributed by atoms with Gasteiger partial charge < -0.3 is 4.90 Å². The van der Waals surface area contributed by atoms with Crippen molar-refractivity contribution in [3.8, 4) is 11.3 Å². The van der Waals surface area contributed by atoms with Crippen LogP contribution in [-0.2, 0) is 6.54 Å². The van der Waals surface area contributed by atoms with Crippen molar-refractivity contribution in [3.05, 3.63) is 40.5 Å². The van der Waals surface area contributed by atoms with Crippen LogP contribution in [0.2, 0.25) is 5.02 Å². The van der Waals surface area contributed by atoms with Crippen molar-refractivity contribution in [1.29, 1.82) is 0 Å². The Balaban J connectivity index is 2.28. The van der Waals surface area contributed by atoms with Gasteiger partial charge in [-0.15, -0.1) is 0 Å². The highest BCUT2D eigenvalue weighted by molar-refractivity contribution is 6.33. The second kappa shape index (κ2) is 6.22.